The van der Waals surface area contributed by atoms with Crippen molar-refractivity contribution in [3.63, 3.8) is 0 Å². The average molecular weight is 333 g/mol. The van der Waals surface area contributed by atoms with E-state index in [1.54, 1.807) is 0 Å². The van der Waals surface area contributed by atoms with E-state index in [1.165, 1.54) is 0 Å². The highest BCUT2D eigenvalue weighted by molar-refractivity contribution is 5.82. The summed E-state index contributed by atoms with van der Waals surface area (Å²) in [5, 5.41) is 0. The maximum absolute atomic E-state index is 12.7. The summed E-state index contributed by atoms with van der Waals surface area (Å²) in [6.07, 6.45) is 1.45. The molecule has 1 aromatic carbocycles. The number of nitrogens with zero attached hydrogens (tertiary/aromatic N) is 1. The SMILES string of the molecule is CCOC(=O)C1CCN(C(=O)[C@@H](CC)Oc2ccccc2C)CC1. The van der Waals surface area contributed by atoms with Crippen LogP contribution in [0.3, 0.4) is 0 Å². The lowest BCUT2D eigenvalue weighted by atomic mass is 9.96. The lowest BCUT2D eigenvalue weighted by molar-refractivity contribution is -0.152. The summed E-state index contributed by atoms with van der Waals surface area (Å²) in [6.45, 7) is 7.29. The normalized spacial score (nSPS) is 16.5. The summed E-state index contributed by atoms with van der Waals surface area (Å²) in [7, 11) is 0. The molecule has 132 valence electrons. The molecule has 0 bridgehead atoms. The van der Waals surface area contributed by atoms with Gasteiger partial charge in [0.25, 0.3) is 5.91 Å². The van der Waals surface area contributed by atoms with Crippen LogP contribution in [0.5, 0.6) is 5.75 Å². The molecule has 1 amide bonds. The summed E-state index contributed by atoms with van der Waals surface area (Å²) in [4.78, 5) is 26.3. The molecule has 0 spiro atoms. The second-order valence-corrected chi connectivity index (χ2v) is 6.13. The number of aryl methyl sites for hydroxylation is 1. The topological polar surface area (TPSA) is 55.8 Å². The number of likely N-dealkylation sites (tertiary alicyclic amines) is 1. The van der Waals surface area contributed by atoms with Crippen LogP contribution in [0.15, 0.2) is 24.3 Å². The van der Waals surface area contributed by atoms with Crippen LogP contribution in [0, 0.1) is 12.8 Å². The quantitative estimate of drug-likeness (QED) is 0.751. The van der Waals surface area contributed by atoms with Gasteiger partial charge < -0.3 is 14.4 Å². The molecule has 1 aliphatic heterocycles. The van der Waals surface area contributed by atoms with Crippen LogP contribution in [0.25, 0.3) is 0 Å². The molecule has 0 N–H and O–H groups in total. The molecule has 1 aliphatic rings. The van der Waals surface area contributed by atoms with Crippen molar-refractivity contribution in [2.75, 3.05) is 19.7 Å². The van der Waals surface area contributed by atoms with E-state index in [0.717, 1.165) is 11.3 Å². The highest BCUT2D eigenvalue weighted by Crippen LogP contribution is 2.23. The molecule has 1 atom stereocenters. The van der Waals surface area contributed by atoms with E-state index in [1.807, 2.05) is 49.9 Å². The molecule has 1 heterocycles. The first-order chi connectivity index (χ1) is 11.6. The van der Waals surface area contributed by atoms with Crippen molar-refractivity contribution in [2.24, 2.45) is 5.92 Å². The number of para-hydroxylation sites is 1. The van der Waals surface area contributed by atoms with Crippen LogP contribution in [0.2, 0.25) is 0 Å². The molecule has 0 aromatic heterocycles. The number of carbonyl (C=O) groups excluding carboxylic acids is 2. The smallest absolute Gasteiger partial charge is 0.309 e. The monoisotopic (exact) mass is 333 g/mol. The first-order valence-corrected chi connectivity index (χ1v) is 8.74. The number of piperidine rings is 1. The van der Waals surface area contributed by atoms with Gasteiger partial charge in [-0.25, -0.2) is 0 Å². The summed E-state index contributed by atoms with van der Waals surface area (Å²) < 4.78 is 11.0. The van der Waals surface area contributed by atoms with Crippen molar-refractivity contribution in [3.05, 3.63) is 29.8 Å². The average Bonchev–Trinajstić information content (AvgIpc) is 2.61. The largest absolute Gasteiger partial charge is 0.480 e. The van der Waals surface area contributed by atoms with E-state index in [0.29, 0.717) is 39.0 Å². The van der Waals surface area contributed by atoms with Gasteiger partial charge in [0, 0.05) is 13.1 Å². The second kappa shape index (κ2) is 8.71. The number of benzene rings is 1. The van der Waals surface area contributed by atoms with E-state index in [9.17, 15) is 9.59 Å². The maximum Gasteiger partial charge on any atom is 0.309 e. The number of esters is 1. The fraction of sp³-hybridized carbons (Fsp3) is 0.579. The van der Waals surface area contributed by atoms with Crippen molar-refractivity contribution in [2.45, 2.75) is 46.1 Å². The second-order valence-electron chi connectivity index (χ2n) is 6.13. The molecule has 24 heavy (non-hydrogen) atoms. The minimum atomic E-state index is -0.481. The third-order valence-electron chi connectivity index (χ3n) is 4.44. The number of ether oxygens (including phenoxy) is 2. The van der Waals surface area contributed by atoms with Gasteiger partial charge >= 0.3 is 5.97 Å². The molecule has 2 rings (SSSR count). The Labute approximate surface area is 143 Å². The highest BCUT2D eigenvalue weighted by Gasteiger charge is 2.31. The van der Waals surface area contributed by atoms with Crippen molar-refractivity contribution in [1.82, 2.24) is 4.90 Å². The predicted molar refractivity (Wildman–Crippen MR) is 91.8 cm³/mol. The minimum absolute atomic E-state index is 0.00284. The highest BCUT2D eigenvalue weighted by atomic mass is 16.5. The summed E-state index contributed by atoms with van der Waals surface area (Å²) >= 11 is 0. The molecular weight excluding hydrogens is 306 g/mol. The maximum atomic E-state index is 12.7. The molecule has 1 saturated heterocycles. The van der Waals surface area contributed by atoms with Crippen molar-refractivity contribution >= 4 is 11.9 Å². The molecule has 0 saturated carbocycles. The van der Waals surface area contributed by atoms with Gasteiger partial charge in [0.05, 0.1) is 12.5 Å². The van der Waals surface area contributed by atoms with Crippen LogP contribution in [0.4, 0.5) is 0 Å². The van der Waals surface area contributed by atoms with E-state index in [-0.39, 0.29) is 17.8 Å². The van der Waals surface area contributed by atoms with Gasteiger partial charge in [-0.2, -0.15) is 0 Å². The molecule has 5 heteroatoms. The van der Waals surface area contributed by atoms with E-state index >= 15 is 0 Å². The van der Waals surface area contributed by atoms with Crippen LogP contribution < -0.4 is 4.74 Å². The minimum Gasteiger partial charge on any atom is -0.480 e. The van der Waals surface area contributed by atoms with Crippen LogP contribution >= 0.6 is 0 Å². The Morgan fingerprint density at radius 2 is 1.88 bits per heavy atom. The number of rotatable bonds is 6. The van der Waals surface area contributed by atoms with E-state index < -0.39 is 6.10 Å². The summed E-state index contributed by atoms with van der Waals surface area (Å²) in [5.74, 6) is 0.515. The zero-order chi connectivity index (χ0) is 17.5. The lowest BCUT2D eigenvalue weighted by Crippen LogP contribution is -2.46. The van der Waals surface area contributed by atoms with Gasteiger partial charge in [-0.05, 0) is 44.7 Å². The van der Waals surface area contributed by atoms with Gasteiger partial charge in [-0.3, -0.25) is 9.59 Å². The Kier molecular flexibility index (Phi) is 6.64. The standard InChI is InChI=1S/C19H27NO4/c1-4-16(24-17-9-7-6-8-14(17)3)18(21)20-12-10-15(11-13-20)19(22)23-5-2/h6-9,15-16H,4-5,10-13H2,1-3H3/t16-/m1/s1. The summed E-state index contributed by atoms with van der Waals surface area (Å²) in [6, 6.07) is 7.71. The predicted octanol–water partition coefficient (Wildman–Crippen LogP) is 2.95. The molecule has 5 nitrogen and oxygen atoms in total. The Morgan fingerprint density at radius 3 is 2.46 bits per heavy atom. The first-order valence-electron chi connectivity index (χ1n) is 8.74. The number of amides is 1. The Bertz CT molecular complexity index is 564. The van der Waals surface area contributed by atoms with E-state index in [4.69, 9.17) is 9.47 Å². The van der Waals surface area contributed by atoms with Gasteiger partial charge in [0.1, 0.15) is 5.75 Å². The molecular formula is C19H27NO4. The molecule has 0 aliphatic carbocycles. The van der Waals surface area contributed by atoms with Gasteiger partial charge in [-0.1, -0.05) is 25.1 Å². The molecule has 0 unspecified atom stereocenters. The fourth-order valence-electron chi connectivity index (χ4n) is 2.95. The third-order valence-corrected chi connectivity index (χ3v) is 4.44. The zero-order valence-corrected chi connectivity index (χ0v) is 14.8. The number of hydrogen-bond acceptors (Lipinski definition) is 4. The van der Waals surface area contributed by atoms with Gasteiger partial charge in [0.2, 0.25) is 0 Å². The van der Waals surface area contributed by atoms with Crippen LogP contribution in [-0.2, 0) is 14.3 Å². The van der Waals surface area contributed by atoms with Crippen LogP contribution in [0.1, 0.15) is 38.7 Å². The zero-order valence-electron chi connectivity index (χ0n) is 14.8. The Morgan fingerprint density at radius 1 is 1.21 bits per heavy atom. The Balaban J connectivity index is 1.93. The van der Waals surface area contributed by atoms with Crippen molar-refractivity contribution < 1.29 is 19.1 Å². The molecule has 0 radical (unpaired) electrons. The van der Waals surface area contributed by atoms with Gasteiger partial charge in [0.15, 0.2) is 6.10 Å². The summed E-state index contributed by atoms with van der Waals surface area (Å²) in [5.41, 5.74) is 1.02. The molecule has 1 aromatic rings. The van der Waals surface area contributed by atoms with E-state index in [2.05, 4.69) is 0 Å². The van der Waals surface area contributed by atoms with Crippen molar-refractivity contribution in [3.8, 4) is 5.75 Å². The van der Waals surface area contributed by atoms with Crippen LogP contribution in [-0.4, -0.2) is 42.6 Å². The lowest BCUT2D eigenvalue weighted by Gasteiger charge is -2.33. The first kappa shape index (κ1) is 18.3. The Hall–Kier alpha value is -2.04. The van der Waals surface area contributed by atoms with Crippen molar-refractivity contribution in [1.29, 1.82) is 0 Å². The molecule has 1 fully saturated rings. The van der Waals surface area contributed by atoms with Gasteiger partial charge in [-0.15, -0.1) is 0 Å². The number of hydrogen-bond donors (Lipinski definition) is 0. The third kappa shape index (κ3) is 4.49. The number of carbonyl (C=O) groups is 2. The fourth-order valence-corrected chi connectivity index (χ4v) is 2.95.